The van der Waals surface area contributed by atoms with Crippen LogP contribution in [0.15, 0.2) is 36.4 Å². The molecular formula is C17H21BrO. The molecule has 1 nitrogen and oxygen atoms in total. The Morgan fingerprint density at radius 2 is 1.74 bits per heavy atom. The smallest absolute Gasteiger partial charge is 0.119 e. The van der Waals surface area contributed by atoms with E-state index >= 15 is 0 Å². The van der Waals surface area contributed by atoms with E-state index in [4.69, 9.17) is 4.74 Å². The Labute approximate surface area is 124 Å². The summed E-state index contributed by atoms with van der Waals surface area (Å²) >= 11 is 3.49. The third-order valence-corrected chi connectivity index (χ3v) is 3.94. The highest BCUT2D eigenvalue weighted by Crippen LogP contribution is 2.23. The van der Waals surface area contributed by atoms with E-state index in [0.717, 1.165) is 24.1 Å². The number of ether oxygens (including phenoxy) is 1. The van der Waals surface area contributed by atoms with Gasteiger partial charge in [-0.15, -0.1) is 0 Å². The molecule has 0 aliphatic rings. The molecule has 2 heteroatoms. The fourth-order valence-electron chi connectivity index (χ4n) is 2.17. The molecule has 2 aromatic carbocycles. The second-order valence-electron chi connectivity index (χ2n) is 4.89. The molecule has 2 aromatic rings. The summed E-state index contributed by atoms with van der Waals surface area (Å²) in [5, 5.41) is 3.42. The van der Waals surface area contributed by atoms with E-state index in [9.17, 15) is 0 Å². The molecule has 19 heavy (non-hydrogen) atoms. The molecule has 0 radical (unpaired) electrons. The van der Waals surface area contributed by atoms with Crippen LogP contribution in [-0.4, -0.2) is 6.61 Å². The number of unbranched alkanes of at least 4 members (excludes halogenated alkanes) is 3. The molecule has 0 amide bonds. The summed E-state index contributed by atoms with van der Waals surface area (Å²) in [5.41, 5.74) is 1.31. The van der Waals surface area contributed by atoms with Crippen molar-refractivity contribution < 1.29 is 4.74 Å². The third kappa shape index (κ3) is 4.24. The van der Waals surface area contributed by atoms with Gasteiger partial charge in [-0.05, 0) is 34.9 Å². The second-order valence-corrected chi connectivity index (χ2v) is 5.45. The van der Waals surface area contributed by atoms with Crippen molar-refractivity contribution in [3.8, 4) is 5.75 Å². The molecule has 102 valence electrons. The van der Waals surface area contributed by atoms with Crippen molar-refractivity contribution in [2.75, 3.05) is 6.61 Å². The SMILES string of the molecule is CCCCCCOc1ccc2cc(CBr)ccc2c1. The number of halogens is 1. The van der Waals surface area contributed by atoms with E-state index in [1.807, 2.05) is 0 Å². The Hall–Kier alpha value is -1.02. The van der Waals surface area contributed by atoms with Crippen molar-refractivity contribution in [3.05, 3.63) is 42.0 Å². The van der Waals surface area contributed by atoms with Gasteiger partial charge in [-0.3, -0.25) is 0 Å². The van der Waals surface area contributed by atoms with Crippen LogP contribution in [0.25, 0.3) is 10.8 Å². The molecule has 0 aliphatic carbocycles. The highest BCUT2D eigenvalue weighted by molar-refractivity contribution is 9.08. The van der Waals surface area contributed by atoms with Crippen LogP contribution in [0.4, 0.5) is 0 Å². The number of alkyl halides is 1. The van der Waals surface area contributed by atoms with E-state index in [0.29, 0.717) is 0 Å². The first-order valence-electron chi connectivity index (χ1n) is 7.05. The Morgan fingerprint density at radius 3 is 2.53 bits per heavy atom. The van der Waals surface area contributed by atoms with E-state index in [1.54, 1.807) is 0 Å². The maximum absolute atomic E-state index is 5.81. The van der Waals surface area contributed by atoms with Gasteiger partial charge in [0.1, 0.15) is 5.75 Å². The number of fused-ring (bicyclic) bond motifs is 1. The van der Waals surface area contributed by atoms with E-state index in [-0.39, 0.29) is 0 Å². The van der Waals surface area contributed by atoms with Crippen LogP contribution in [-0.2, 0) is 5.33 Å². The first-order chi connectivity index (χ1) is 9.33. The molecule has 0 bridgehead atoms. The van der Waals surface area contributed by atoms with Crippen molar-refractivity contribution in [1.29, 1.82) is 0 Å². The second kappa shape index (κ2) is 7.54. The molecule has 0 saturated carbocycles. The third-order valence-electron chi connectivity index (χ3n) is 3.30. The molecular weight excluding hydrogens is 300 g/mol. The Kier molecular flexibility index (Phi) is 5.71. The summed E-state index contributed by atoms with van der Waals surface area (Å²) in [7, 11) is 0. The van der Waals surface area contributed by atoms with Crippen molar-refractivity contribution in [2.24, 2.45) is 0 Å². The maximum Gasteiger partial charge on any atom is 0.119 e. The van der Waals surface area contributed by atoms with E-state index in [2.05, 4.69) is 59.3 Å². The lowest BCUT2D eigenvalue weighted by molar-refractivity contribution is 0.305. The normalized spacial score (nSPS) is 10.8. The van der Waals surface area contributed by atoms with Gasteiger partial charge in [-0.25, -0.2) is 0 Å². The van der Waals surface area contributed by atoms with Gasteiger partial charge in [0.25, 0.3) is 0 Å². The number of rotatable bonds is 7. The molecule has 0 fully saturated rings. The first-order valence-corrected chi connectivity index (χ1v) is 8.17. The summed E-state index contributed by atoms with van der Waals surface area (Å²) in [6, 6.07) is 12.9. The van der Waals surface area contributed by atoms with E-state index in [1.165, 1.54) is 35.6 Å². The molecule has 0 saturated heterocycles. The van der Waals surface area contributed by atoms with Crippen LogP contribution in [0.3, 0.4) is 0 Å². The lowest BCUT2D eigenvalue weighted by Crippen LogP contribution is -1.97. The van der Waals surface area contributed by atoms with Crippen LogP contribution in [0.5, 0.6) is 5.75 Å². The summed E-state index contributed by atoms with van der Waals surface area (Å²) < 4.78 is 5.81. The minimum atomic E-state index is 0.824. The minimum absolute atomic E-state index is 0.824. The predicted molar refractivity (Wildman–Crippen MR) is 86.2 cm³/mol. The van der Waals surface area contributed by atoms with Crippen molar-refractivity contribution in [2.45, 2.75) is 37.9 Å². The fraction of sp³-hybridized carbons (Fsp3) is 0.412. The lowest BCUT2D eigenvalue weighted by atomic mass is 10.1. The standard InChI is InChI=1S/C17H21BrO/c1-2-3-4-5-10-19-17-9-8-15-11-14(13-18)6-7-16(15)12-17/h6-9,11-12H,2-5,10,13H2,1H3. The molecule has 0 aliphatic heterocycles. The highest BCUT2D eigenvalue weighted by Gasteiger charge is 1.99. The fourth-order valence-corrected chi connectivity index (χ4v) is 2.51. The molecule has 0 atom stereocenters. The van der Waals surface area contributed by atoms with Crippen molar-refractivity contribution >= 4 is 26.7 Å². The monoisotopic (exact) mass is 320 g/mol. The van der Waals surface area contributed by atoms with Crippen LogP contribution in [0, 0.1) is 0 Å². The average molecular weight is 321 g/mol. The zero-order valence-corrected chi connectivity index (χ0v) is 13.1. The molecule has 0 heterocycles. The Balaban J connectivity index is 1.97. The van der Waals surface area contributed by atoms with Crippen molar-refractivity contribution in [3.63, 3.8) is 0 Å². The van der Waals surface area contributed by atoms with Gasteiger partial charge in [0, 0.05) is 5.33 Å². The Morgan fingerprint density at radius 1 is 0.947 bits per heavy atom. The molecule has 0 aromatic heterocycles. The van der Waals surface area contributed by atoms with Crippen molar-refractivity contribution in [1.82, 2.24) is 0 Å². The maximum atomic E-state index is 5.81. The summed E-state index contributed by atoms with van der Waals surface area (Å²) in [4.78, 5) is 0. The zero-order valence-electron chi connectivity index (χ0n) is 11.5. The lowest BCUT2D eigenvalue weighted by Gasteiger charge is -2.08. The topological polar surface area (TPSA) is 9.23 Å². The van der Waals surface area contributed by atoms with Crippen LogP contribution in [0.2, 0.25) is 0 Å². The summed E-state index contributed by atoms with van der Waals surface area (Å²) in [6.07, 6.45) is 4.98. The van der Waals surface area contributed by atoms with Gasteiger partial charge in [0.05, 0.1) is 6.61 Å². The van der Waals surface area contributed by atoms with Gasteiger partial charge in [-0.2, -0.15) is 0 Å². The predicted octanol–water partition coefficient (Wildman–Crippen LogP) is 5.69. The van der Waals surface area contributed by atoms with Gasteiger partial charge in [0.2, 0.25) is 0 Å². The molecule has 2 rings (SSSR count). The van der Waals surface area contributed by atoms with Gasteiger partial charge in [-0.1, -0.05) is 66.4 Å². The van der Waals surface area contributed by atoms with Gasteiger partial charge >= 0.3 is 0 Å². The molecule has 0 N–H and O–H groups in total. The van der Waals surface area contributed by atoms with Crippen LogP contribution < -0.4 is 4.74 Å². The average Bonchev–Trinajstić information content (AvgIpc) is 2.46. The summed E-state index contributed by atoms with van der Waals surface area (Å²) in [6.45, 7) is 3.05. The molecule has 0 unspecified atom stereocenters. The van der Waals surface area contributed by atoms with Crippen LogP contribution in [0.1, 0.15) is 38.2 Å². The Bertz CT molecular complexity index is 522. The zero-order chi connectivity index (χ0) is 13.5. The number of hydrogen-bond acceptors (Lipinski definition) is 1. The number of benzene rings is 2. The highest BCUT2D eigenvalue weighted by atomic mass is 79.9. The molecule has 0 spiro atoms. The van der Waals surface area contributed by atoms with Gasteiger partial charge in [0.15, 0.2) is 0 Å². The first kappa shape index (κ1) is 14.4. The summed E-state index contributed by atoms with van der Waals surface area (Å²) in [5.74, 6) is 0.982. The van der Waals surface area contributed by atoms with Crippen LogP contribution >= 0.6 is 15.9 Å². The van der Waals surface area contributed by atoms with E-state index < -0.39 is 0 Å². The number of hydrogen-bond donors (Lipinski definition) is 0. The quantitative estimate of drug-likeness (QED) is 0.470. The minimum Gasteiger partial charge on any atom is -0.494 e. The van der Waals surface area contributed by atoms with Gasteiger partial charge < -0.3 is 4.74 Å². The largest absolute Gasteiger partial charge is 0.494 e.